The van der Waals surface area contributed by atoms with Gasteiger partial charge in [0.2, 0.25) is 0 Å². The maximum absolute atomic E-state index is 12.2. The van der Waals surface area contributed by atoms with Crippen LogP contribution in [0.25, 0.3) is 0 Å². The number of hydrogen-bond donors (Lipinski definition) is 2. The van der Waals surface area contributed by atoms with E-state index in [1.54, 1.807) is 16.8 Å². The molecule has 2 N–H and O–H groups in total. The van der Waals surface area contributed by atoms with Gasteiger partial charge in [0.1, 0.15) is 0 Å². The Morgan fingerprint density at radius 1 is 1.20 bits per heavy atom. The molecule has 0 aliphatic carbocycles. The smallest absolute Gasteiger partial charge is 0.319 e. The molecule has 0 aromatic rings. The maximum Gasteiger partial charge on any atom is 0.319 e. The number of aliphatic hydroxyl groups is 1. The first kappa shape index (κ1) is 16.7. The van der Waals surface area contributed by atoms with Crippen LogP contribution in [0.1, 0.15) is 19.3 Å². The summed E-state index contributed by atoms with van der Waals surface area (Å²) in [5.74, 6) is -0.833. The Hall–Kier alpha value is -1.34. The number of carboxylic acids is 1. The van der Waals surface area contributed by atoms with Crippen molar-refractivity contribution in [2.75, 3.05) is 52.9 Å². The number of carbonyl (C=O) groups is 2. The highest BCUT2D eigenvalue weighted by Crippen LogP contribution is 2.06. The Kier molecular flexibility index (Phi) is 7.32. The Bertz CT molecular complexity index is 325. The molecule has 0 radical (unpaired) electrons. The van der Waals surface area contributed by atoms with E-state index in [2.05, 4.69) is 4.90 Å². The van der Waals surface area contributed by atoms with Crippen LogP contribution in [0, 0.1) is 0 Å². The molecule has 0 bridgehead atoms. The largest absolute Gasteiger partial charge is 0.481 e. The molecule has 2 amide bonds. The van der Waals surface area contributed by atoms with Gasteiger partial charge in [0.05, 0.1) is 6.61 Å². The molecular weight excluding hydrogens is 262 g/mol. The van der Waals surface area contributed by atoms with E-state index < -0.39 is 5.97 Å². The van der Waals surface area contributed by atoms with Crippen molar-refractivity contribution in [1.82, 2.24) is 14.7 Å². The molecule has 116 valence electrons. The van der Waals surface area contributed by atoms with E-state index in [-0.39, 0.29) is 19.1 Å². The van der Waals surface area contributed by atoms with Crippen LogP contribution in [0.3, 0.4) is 0 Å². The lowest BCUT2D eigenvalue weighted by Crippen LogP contribution is -2.43. The third-order valence-corrected chi connectivity index (χ3v) is 3.49. The Balaban J connectivity index is 2.36. The second-order valence-electron chi connectivity index (χ2n) is 5.11. The standard InChI is InChI=1S/C13H25N3O4/c1-14(5-2-4-12(18)19)13(20)16-7-3-6-15(8-9-16)10-11-17/h17H,2-11H2,1H3,(H,18,19). The number of hydrogen-bond acceptors (Lipinski definition) is 4. The van der Waals surface area contributed by atoms with Crippen molar-refractivity contribution in [2.24, 2.45) is 0 Å². The predicted octanol–water partition coefficient (Wildman–Crippen LogP) is -0.0970. The third-order valence-electron chi connectivity index (χ3n) is 3.49. The molecule has 0 unspecified atom stereocenters. The van der Waals surface area contributed by atoms with Crippen LogP contribution in [0.2, 0.25) is 0 Å². The molecule has 7 nitrogen and oxygen atoms in total. The topological polar surface area (TPSA) is 84.3 Å². The molecule has 20 heavy (non-hydrogen) atoms. The van der Waals surface area contributed by atoms with Crippen LogP contribution < -0.4 is 0 Å². The first-order chi connectivity index (χ1) is 9.54. The van der Waals surface area contributed by atoms with E-state index in [9.17, 15) is 9.59 Å². The minimum atomic E-state index is -0.833. The fourth-order valence-corrected chi connectivity index (χ4v) is 2.33. The second kappa shape index (κ2) is 8.76. The Labute approximate surface area is 119 Å². The molecule has 0 spiro atoms. The number of aliphatic hydroxyl groups excluding tert-OH is 1. The molecule has 1 aliphatic rings. The molecule has 0 aromatic heterocycles. The summed E-state index contributed by atoms with van der Waals surface area (Å²) in [7, 11) is 1.71. The van der Waals surface area contributed by atoms with E-state index in [0.29, 0.717) is 32.6 Å². The van der Waals surface area contributed by atoms with Crippen molar-refractivity contribution >= 4 is 12.0 Å². The fourth-order valence-electron chi connectivity index (χ4n) is 2.33. The monoisotopic (exact) mass is 287 g/mol. The average molecular weight is 287 g/mol. The Morgan fingerprint density at radius 3 is 2.60 bits per heavy atom. The SMILES string of the molecule is CN(CCCC(=O)O)C(=O)N1CCCN(CCO)CC1. The van der Waals surface area contributed by atoms with E-state index in [1.807, 2.05) is 0 Å². The van der Waals surface area contributed by atoms with E-state index >= 15 is 0 Å². The van der Waals surface area contributed by atoms with Gasteiger partial charge in [-0.05, 0) is 19.4 Å². The van der Waals surface area contributed by atoms with Crippen LogP contribution >= 0.6 is 0 Å². The van der Waals surface area contributed by atoms with Crippen LogP contribution in [0.4, 0.5) is 4.79 Å². The number of rotatable bonds is 6. The number of carboxylic acid groups (broad SMARTS) is 1. The van der Waals surface area contributed by atoms with Crippen molar-refractivity contribution in [3.63, 3.8) is 0 Å². The highest BCUT2D eigenvalue weighted by atomic mass is 16.4. The summed E-state index contributed by atoms with van der Waals surface area (Å²) in [6.07, 6.45) is 1.46. The summed E-state index contributed by atoms with van der Waals surface area (Å²) in [4.78, 5) is 28.2. The quantitative estimate of drug-likeness (QED) is 0.713. The van der Waals surface area contributed by atoms with Gasteiger partial charge >= 0.3 is 12.0 Å². The first-order valence-electron chi connectivity index (χ1n) is 7.09. The highest BCUT2D eigenvalue weighted by Gasteiger charge is 2.21. The number of urea groups is 1. The minimum absolute atomic E-state index is 0.0405. The molecular formula is C13H25N3O4. The van der Waals surface area contributed by atoms with Crippen molar-refractivity contribution in [3.05, 3.63) is 0 Å². The van der Waals surface area contributed by atoms with Crippen molar-refractivity contribution < 1.29 is 19.8 Å². The molecule has 1 aliphatic heterocycles. The van der Waals surface area contributed by atoms with Crippen LogP contribution in [-0.4, -0.2) is 89.8 Å². The van der Waals surface area contributed by atoms with Crippen LogP contribution in [0.5, 0.6) is 0 Å². The minimum Gasteiger partial charge on any atom is -0.481 e. The van der Waals surface area contributed by atoms with E-state index in [0.717, 1.165) is 19.5 Å². The van der Waals surface area contributed by atoms with Gasteiger partial charge in [-0.1, -0.05) is 0 Å². The van der Waals surface area contributed by atoms with Gasteiger partial charge in [-0.3, -0.25) is 9.69 Å². The summed E-state index contributed by atoms with van der Waals surface area (Å²) in [6.45, 7) is 4.29. The lowest BCUT2D eigenvalue weighted by atomic mass is 10.3. The maximum atomic E-state index is 12.2. The average Bonchev–Trinajstić information content (AvgIpc) is 2.63. The van der Waals surface area contributed by atoms with E-state index in [4.69, 9.17) is 10.2 Å². The molecule has 0 atom stereocenters. The number of aliphatic carboxylic acids is 1. The number of amides is 2. The predicted molar refractivity (Wildman–Crippen MR) is 74.6 cm³/mol. The van der Waals surface area contributed by atoms with Gasteiger partial charge < -0.3 is 20.0 Å². The molecule has 1 heterocycles. The second-order valence-corrected chi connectivity index (χ2v) is 5.11. The zero-order valence-corrected chi connectivity index (χ0v) is 12.1. The molecule has 0 saturated carbocycles. The number of carbonyl (C=O) groups excluding carboxylic acids is 1. The number of nitrogens with zero attached hydrogens (tertiary/aromatic N) is 3. The summed E-state index contributed by atoms with van der Waals surface area (Å²) >= 11 is 0. The van der Waals surface area contributed by atoms with Crippen LogP contribution in [0.15, 0.2) is 0 Å². The molecule has 1 saturated heterocycles. The fraction of sp³-hybridized carbons (Fsp3) is 0.846. The van der Waals surface area contributed by atoms with Gasteiger partial charge in [-0.2, -0.15) is 0 Å². The lowest BCUT2D eigenvalue weighted by molar-refractivity contribution is -0.137. The Morgan fingerprint density at radius 2 is 1.95 bits per heavy atom. The zero-order chi connectivity index (χ0) is 15.0. The highest BCUT2D eigenvalue weighted by molar-refractivity contribution is 5.74. The summed E-state index contributed by atoms with van der Waals surface area (Å²) in [6, 6.07) is -0.0405. The summed E-state index contributed by atoms with van der Waals surface area (Å²) < 4.78 is 0. The summed E-state index contributed by atoms with van der Waals surface area (Å²) in [5, 5.41) is 17.5. The van der Waals surface area contributed by atoms with Gasteiger partial charge in [0.25, 0.3) is 0 Å². The number of β-amino-alcohol motifs (C(OH)–C–C–N with tert-alkyl or cyclic N) is 1. The lowest BCUT2D eigenvalue weighted by Gasteiger charge is -2.27. The van der Waals surface area contributed by atoms with Gasteiger partial charge in [0, 0.05) is 46.2 Å². The third kappa shape index (κ3) is 5.75. The first-order valence-corrected chi connectivity index (χ1v) is 7.09. The molecule has 1 fully saturated rings. The van der Waals surface area contributed by atoms with Gasteiger partial charge in [-0.25, -0.2) is 4.79 Å². The van der Waals surface area contributed by atoms with Crippen LogP contribution in [-0.2, 0) is 4.79 Å². The normalized spacial score (nSPS) is 16.8. The molecule has 7 heteroatoms. The van der Waals surface area contributed by atoms with Gasteiger partial charge in [-0.15, -0.1) is 0 Å². The zero-order valence-electron chi connectivity index (χ0n) is 12.1. The van der Waals surface area contributed by atoms with Crippen molar-refractivity contribution in [1.29, 1.82) is 0 Å². The van der Waals surface area contributed by atoms with E-state index in [1.165, 1.54) is 0 Å². The van der Waals surface area contributed by atoms with Crippen molar-refractivity contribution in [2.45, 2.75) is 19.3 Å². The van der Waals surface area contributed by atoms with Crippen molar-refractivity contribution in [3.8, 4) is 0 Å². The molecule has 1 rings (SSSR count). The molecule has 0 aromatic carbocycles. The van der Waals surface area contributed by atoms with Gasteiger partial charge in [0.15, 0.2) is 0 Å². The summed E-state index contributed by atoms with van der Waals surface area (Å²) in [5.41, 5.74) is 0.